The number of phenols is 1. The second kappa shape index (κ2) is 6.13. The number of carbonyl (C=O) groups is 1. The zero-order chi connectivity index (χ0) is 12.8. The smallest absolute Gasteiger partial charge is 0.309 e. The number of carboxylic acid groups (broad SMARTS) is 1. The molecule has 0 aliphatic carbocycles. The summed E-state index contributed by atoms with van der Waals surface area (Å²) in [6.45, 7) is 4.01. The second-order valence-corrected chi connectivity index (χ2v) is 4.44. The highest BCUT2D eigenvalue weighted by Crippen LogP contribution is 2.25. The van der Waals surface area contributed by atoms with Crippen molar-refractivity contribution in [3.63, 3.8) is 0 Å². The summed E-state index contributed by atoms with van der Waals surface area (Å²) in [4.78, 5) is 11.0. The number of para-hydroxylation sites is 2. The minimum Gasteiger partial charge on any atom is -0.504 e. The third-order valence-corrected chi connectivity index (χ3v) is 2.41. The average molecular weight is 238 g/mol. The van der Waals surface area contributed by atoms with Gasteiger partial charge in [-0.1, -0.05) is 26.0 Å². The van der Waals surface area contributed by atoms with Crippen molar-refractivity contribution in [2.24, 2.45) is 11.8 Å². The molecule has 17 heavy (non-hydrogen) atoms. The van der Waals surface area contributed by atoms with E-state index in [1.807, 2.05) is 13.8 Å². The lowest BCUT2D eigenvalue weighted by atomic mass is 9.98. The summed E-state index contributed by atoms with van der Waals surface area (Å²) in [6, 6.07) is 6.54. The summed E-state index contributed by atoms with van der Waals surface area (Å²) in [5, 5.41) is 18.5. The van der Waals surface area contributed by atoms with Gasteiger partial charge in [0.05, 0.1) is 5.92 Å². The topological polar surface area (TPSA) is 66.8 Å². The lowest BCUT2D eigenvalue weighted by Crippen LogP contribution is -2.23. The Morgan fingerprint density at radius 3 is 2.53 bits per heavy atom. The zero-order valence-electron chi connectivity index (χ0n) is 10.1. The van der Waals surface area contributed by atoms with Gasteiger partial charge in [0.15, 0.2) is 11.5 Å². The number of aromatic hydroxyl groups is 1. The average Bonchev–Trinajstić information content (AvgIpc) is 2.25. The molecule has 4 heteroatoms. The fourth-order valence-corrected chi connectivity index (χ4v) is 1.58. The first-order valence-electron chi connectivity index (χ1n) is 5.64. The van der Waals surface area contributed by atoms with Crippen LogP contribution in [0.1, 0.15) is 20.3 Å². The maximum atomic E-state index is 11.0. The fraction of sp³-hybridized carbons (Fsp3) is 0.462. The van der Waals surface area contributed by atoms with E-state index in [9.17, 15) is 9.90 Å². The summed E-state index contributed by atoms with van der Waals surface area (Å²) in [5.74, 6) is -0.767. The molecule has 0 spiro atoms. The molecule has 0 bridgehead atoms. The van der Waals surface area contributed by atoms with Gasteiger partial charge in [-0.25, -0.2) is 0 Å². The molecule has 0 saturated carbocycles. The van der Waals surface area contributed by atoms with Gasteiger partial charge in [-0.05, 0) is 24.5 Å². The Morgan fingerprint density at radius 2 is 2.00 bits per heavy atom. The molecule has 0 aliphatic rings. The summed E-state index contributed by atoms with van der Waals surface area (Å²) >= 11 is 0. The Balaban J connectivity index is 2.58. The first-order valence-corrected chi connectivity index (χ1v) is 5.64. The quantitative estimate of drug-likeness (QED) is 0.799. The molecule has 4 nitrogen and oxygen atoms in total. The highest BCUT2D eigenvalue weighted by atomic mass is 16.5. The van der Waals surface area contributed by atoms with Crippen molar-refractivity contribution in [1.82, 2.24) is 0 Å². The molecule has 0 aliphatic heterocycles. The first-order chi connectivity index (χ1) is 8.00. The van der Waals surface area contributed by atoms with Gasteiger partial charge < -0.3 is 14.9 Å². The van der Waals surface area contributed by atoms with E-state index in [-0.39, 0.29) is 12.4 Å². The standard InChI is InChI=1S/C13H18O4/c1-9(2)7-10(13(15)16)8-17-12-6-4-3-5-11(12)14/h3-6,9-10,14H,7-8H2,1-2H3,(H,15,16). The third-order valence-electron chi connectivity index (χ3n) is 2.41. The Bertz CT molecular complexity index is 373. The molecule has 1 aromatic rings. The number of phenolic OH excluding ortho intramolecular Hbond substituents is 1. The van der Waals surface area contributed by atoms with E-state index in [1.165, 1.54) is 6.07 Å². The molecule has 1 rings (SSSR count). The van der Waals surface area contributed by atoms with Crippen molar-refractivity contribution >= 4 is 5.97 Å². The lowest BCUT2D eigenvalue weighted by Gasteiger charge is -2.16. The van der Waals surface area contributed by atoms with E-state index in [2.05, 4.69) is 0 Å². The van der Waals surface area contributed by atoms with Gasteiger partial charge in [0.25, 0.3) is 0 Å². The molecule has 1 atom stereocenters. The normalized spacial score (nSPS) is 12.4. The predicted molar refractivity (Wildman–Crippen MR) is 64.2 cm³/mol. The largest absolute Gasteiger partial charge is 0.504 e. The van der Waals surface area contributed by atoms with Crippen molar-refractivity contribution in [2.45, 2.75) is 20.3 Å². The van der Waals surface area contributed by atoms with Crippen LogP contribution in [-0.2, 0) is 4.79 Å². The summed E-state index contributed by atoms with van der Waals surface area (Å²) < 4.78 is 5.33. The van der Waals surface area contributed by atoms with Gasteiger partial charge in [0.1, 0.15) is 6.61 Å². The molecule has 0 amide bonds. The van der Waals surface area contributed by atoms with Crippen LogP contribution in [0.15, 0.2) is 24.3 Å². The van der Waals surface area contributed by atoms with Crippen LogP contribution in [0.25, 0.3) is 0 Å². The lowest BCUT2D eigenvalue weighted by molar-refractivity contribution is -0.143. The molecule has 94 valence electrons. The summed E-state index contributed by atoms with van der Waals surface area (Å²) in [7, 11) is 0. The molecule has 0 saturated heterocycles. The van der Waals surface area contributed by atoms with E-state index < -0.39 is 11.9 Å². The SMILES string of the molecule is CC(C)CC(COc1ccccc1O)C(=O)O. The molecule has 2 N–H and O–H groups in total. The van der Waals surface area contributed by atoms with Crippen LogP contribution in [0.4, 0.5) is 0 Å². The molecule has 0 fully saturated rings. The molecular weight excluding hydrogens is 220 g/mol. The van der Waals surface area contributed by atoms with Crippen LogP contribution in [0.5, 0.6) is 11.5 Å². The van der Waals surface area contributed by atoms with Crippen LogP contribution in [0.3, 0.4) is 0 Å². The van der Waals surface area contributed by atoms with E-state index in [0.29, 0.717) is 18.1 Å². The molecule has 0 radical (unpaired) electrons. The maximum absolute atomic E-state index is 11.0. The Kier molecular flexibility index (Phi) is 4.82. The minimum atomic E-state index is -0.867. The third kappa shape index (κ3) is 4.34. The number of benzene rings is 1. The van der Waals surface area contributed by atoms with Crippen molar-refractivity contribution in [3.05, 3.63) is 24.3 Å². The van der Waals surface area contributed by atoms with Gasteiger partial charge in [-0.3, -0.25) is 4.79 Å². The molecular formula is C13H18O4. The fourth-order valence-electron chi connectivity index (χ4n) is 1.58. The van der Waals surface area contributed by atoms with Gasteiger partial charge >= 0.3 is 5.97 Å². The zero-order valence-corrected chi connectivity index (χ0v) is 10.1. The van der Waals surface area contributed by atoms with Crippen LogP contribution in [-0.4, -0.2) is 22.8 Å². The highest BCUT2D eigenvalue weighted by Gasteiger charge is 2.20. The Morgan fingerprint density at radius 1 is 1.35 bits per heavy atom. The van der Waals surface area contributed by atoms with Crippen LogP contribution in [0.2, 0.25) is 0 Å². The summed E-state index contributed by atoms with van der Waals surface area (Å²) in [6.07, 6.45) is 0.558. The van der Waals surface area contributed by atoms with Gasteiger partial charge in [0.2, 0.25) is 0 Å². The Hall–Kier alpha value is -1.71. The molecule has 1 unspecified atom stereocenters. The van der Waals surface area contributed by atoms with Crippen molar-refractivity contribution in [1.29, 1.82) is 0 Å². The van der Waals surface area contributed by atoms with Crippen molar-refractivity contribution in [3.8, 4) is 11.5 Å². The van der Waals surface area contributed by atoms with E-state index in [1.54, 1.807) is 18.2 Å². The number of ether oxygens (including phenoxy) is 1. The number of rotatable bonds is 6. The maximum Gasteiger partial charge on any atom is 0.309 e. The van der Waals surface area contributed by atoms with Gasteiger partial charge in [-0.2, -0.15) is 0 Å². The number of hydrogen-bond donors (Lipinski definition) is 2. The number of aliphatic carboxylic acids is 1. The van der Waals surface area contributed by atoms with Gasteiger partial charge in [0, 0.05) is 0 Å². The van der Waals surface area contributed by atoms with Gasteiger partial charge in [-0.15, -0.1) is 0 Å². The van der Waals surface area contributed by atoms with Crippen LogP contribution in [0, 0.1) is 11.8 Å². The Labute approximate surface area is 101 Å². The predicted octanol–water partition coefficient (Wildman–Crippen LogP) is 2.52. The highest BCUT2D eigenvalue weighted by molar-refractivity contribution is 5.70. The van der Waals surface area contributed by atoms with E-state index in [4.69, 9.17) is 9.84 Å². The molecule has 0 aromatic heterocycles. The van der Waals surface area contributed by atoms with E-state index >= 15 is 0 Å². The molecule has 0 heterocycles. The van der Waals surface area contributed by atoms with Crippen molar-refractivity contribution < 1.29 is 19.7 Å². The monoisotopic (exact) mass is 238 g/mol. The van der Waals surface area contributed by atoms with E-state index in [0.717, 1.165) is 0 Å². The second-order valence-electron chi connectivity index (χ2n) is 4.44. The van der Waals surface area contributed by atoms with Crippen molar-refractivity contribution in [2.75, 3.05) is 6.61 Å². The minimum absolute atomic E-state index is 0.0289. The number of carboxylic acids is 1. The molecule has 1 aromatic carbocycles. The van der Waals surface area contributed by atoms with Crippen LogP contribution < -0.4 is 4.74 Å². The van der Waals surface area contributed by atoms with Crippen LogP contribution >= 0.6 is 0 Å². The first kappa shape index (κ1) is 13.4. The number of hydrogen-bond acceptors (Lipinski definition) is 3. The summed E-state index contributed by atoms with van der Waals surface area (Å²) in [5.41, 5.74) is 0.